The van der Waals surface area contributed by atoms with E-state index in [0.717, 1.165) is 6.42 Å². The van der Waals surface area contributed by atoms with Crippen LogP contribution in [0.15, 0.2) is 38.5 Å². The van der Waals surface area contributed by atoms with Crippen molar-refractivity contribution in [3.8, 4) is 5.75 Å². The van der Waals surface area contributed by atoms with Crippen LogP contribution >= 0.6 is 0 Å². The smallest absolute Gasteiger partial charge is 0.349 e. The Morgan fingerprint density at radius 1 is 1.39 bits per heavy atom. The zero-order valence-corrected chi connectivity index (χ0v) is 10.4. The molecule has 0 bridgehead atoms. The number of hydrogen-bond acceptors (Lipinski definition) is 4. The number of aliphatic imine (C=N–C) groups is 1. The zero-order valence-electron chi connectivity index (χ0n) is 10.4. The van der Waals surface area contributed by atoms with Gasteiger partial charge < -0.3 is 9.52 Å². The molecule has 0 unspecified atom stereocenters. The largest absolute Gasteiger partial charge is 0.506 e. The van der Waals surface area contributed by atoms with Gasteiger partial charge in [-0.2, -0.15) is 0 Å². The van der Waals surface area contributed by atoms with Gasteiger partial charge in [0.15, 0.2) is 0 Å². The van der Waals surface area contributed by atoms with E-state index in [1.165, 1.54) is 0 Å². The second-order valence-corrected chi connectivity index (χ2v) is 4.08. The van der Waals surface area contributed by atoms with Crippen molar-refractivity contribution < 1.29 is 9.52 Å². The predicted molar refractivity (Wildman–Crippen MR) is 71.5 cm³/mol. The van der Waals surface area contributed by atoms with Gasteiger partial charge in [-0.05, 0) is 25.5 Å². The highest BCUT2D eigenvalue weighted by Crippen LogP contribution is 2.26. The van der Waals surface area contributed by atoms with Crippen molar-refractivity contribution in [2.24, 2.45) is 4.99 Å². The normalized spacial score (nSPS) is 12.0. The molecule has 0 saturated heterocycles. The van der Waals surface area contributed by atoms with E-state index >= 15 is 0 Å². The second-order valence-electron chi connectivity index (χ2n) is 4.08. The lowest BCUT2D eigenvalue weighted by molar-refractivity contribution is 0.466. The van der Waals surface area contributed by atoms with Crippen LogP contribution in [0, 0.1) is 0 Å². The van der Waals surface area contributed by atoms with E-state index in [9.17, 15) is 9.90 Å². The standard InChI is InChI=1S/C14H15NO3/c1-3-8-15-9(2)12-13(16)10-6-4-5-7-11(10)18-14(12)17/h4-7,16H,3,8H2,1-2H3. The molecule has 0 radical (unpaired) electrons. The van der Waals surface area contributed by atoms with Crippen molar-refractivity contribution in [1.29, 1.82) is 0 Å². The van der Waals surface area contributed by atoms with E-state index in [1.807, 2.05) is 6.92 Å². The van der Waals surface area contributed by atoms with Crippen LogP contribution in [-0.4, -0.2) is 17.4 Å². The number of aromatic hydroxyl groups is 1. The van der Waals surface area contributed by atoms with E-state index in [-0.39, 0.29) is 11.3 Å². The summed E-state index contributed by atoms with van der Waals surface area (Å²) in [7, 11) is 0. The molecule has 0 aliphatic carbocycles. The first-order valence-corrected chi connectivity index (χ1v) is 5.91. The van der Waals surface area contributed by atoms with E-state index in [0.29, 0.717) is 23.2 Å². The summed E-state index contributed by atoms with van der Waals surface area (Å²) in [5, 5.41) is 10.7. The first-order chi connectivity index (χ1) is 8.65. The van der Waals surface area contributed by atoms with Crippen molar-refractivity contribution in [3.63, 3.8) is 0 Å². The molecule has 2 rings (SSSR count). The highest BCUT2D eigenvalue weighted by molar-refractivity contribution is 6.04. The molecule has 0 atom stereocenters. The molecule has 94 valence electrons. The minimum atomic E-state index is -0.552. The second kappa shape index (κ2) is 5.04. The molecule has 0 aliphatic rings. The molecule has 1 aromatic heterocycles. The Hall–Kier alpha value is -2.10. The van der Waals surface area contributed by atoms with Gasteiger partial charge in [0.25, 0.3) is 0 Å². The summed E-state index contributed by atoms with van der Waals surface area (Å²) in [5.41, 5.74) is 0.492. The number of hydrogen-bond donors (Lipinski definition) is 1. The zero-order chi connectivity index (χ0) is 13.1. The molecule has 1 heterocycles. The molecule has 1 aromatic carbocycles. The summed E-state index contributed by atoms with van der Waals surface area (Å²) in [6.07, 6.45) is 0.886. The Morgan fingerprint density at radius 2 is 2.11 bits per heavy atom. The predicted octanol–water partition coefficient (Wildman–Crippen LogP) is 2.72. The molecule has 18 heavy (non-hydrogen) atoms. The highest BCUT2D eigenvalue weighted by atomic mass is 16.4. The SMILES string of the molecule is CCCN=C(C)c1c(O)c2ccccc2oc1=O. The number of benzene rings is 1. The number of fused-ring (bicyclic) bond motifs is 1. The maximum atomic E-state index is 11.9. The summed E-state index contributed by atoms with van der Waals surface area (Å²) in [6, 6.07) is 6.90. The Kier molecular flexibility index (Phi) is 3.46. The fraction of sp³-hybridized carbons (Fsp3) is 0.286. The molecule has 4 heteroatoms. The maximum Gasteiger partial charge on any atom is 0.349 e. The van der Waals surface area contributed by atoms with Gasteiger partial charge >= 0.3 is 5.63 Å². The summed E-state index contributed by atoms with van der Waals surface area (Å²) < 4.78 is 5.18. The summed E-state index contributed by atoms with van der Waals surface area (Å²) in [6.45, 7) is 4.33. The van der Waals surface area contributed by atoms with Gasteiger partial charge in [0, 0.05) is 6.54 Å². The van der Waals surface area contributed by atoms with Crippen LogP contribution in [-0.2, 0) is 0 Å². The Labute approximate surface area is 105 Å². The van der Waals surface area contributed by atoms with Crippen LogP contribution in [0.4, 0.5) is 0 Å². The Morgan fingerprint density at radius 3 is 2.83 bits per heavy atom. The van der Waals surface area contributed by atoms with Crippen molar-refractivity contribution >= 4 is 16.7 Å². The monoisotopic (exact) mass is 245 g/mol. The molecule has 4 nitrogen and oxygen atoms in total. The molecule has 0 saturated carbocycles. The fourth-order valence-corrected chi connectivity index (χ4v) is 1.81. The first-order valence-electron chi connectivity index (χ1n) is 5.91. The highest BCUT2D eigenvalue weighted by Gasteiger charge is 2.15. The Balaban J connectivity index is 2.68. The van der Waals surface area contributed by atoms with Crippen LogP contribution in [0.2, 0.25) is 0 Å². The minimum Gasteiger partial charge on any atom is -0.506 e. The van der Waals surface area contributed by atoms with Crippen LogP contribution in [0.3, 0.4) is 0 Å². The Bertz CT molecular complexity index is 656. The molecule has 2 aromatic rings. The van der Waals surface area contributed by atoms with Crippen LogP contribution in [0.5, 0.6) is 5.75 Å². The average Bonchev–Trinajstić information content (AvgIpc) is 2.36. The van der Waals surface area contributed by atoms with E-state index < -0.39 is 5.63 Å². The number of rotatable bonds is 3. The number of para-hydroxylation sites is 1. The third kappa shape index (κ3) is 2.14. The van der Waals surface area contributed by atoms with Crippen molar-refractivity contribution in [2.45, 2.75) is 20.3 Å². The van der Waals surface area contributed by atoms with Gasteiger partial charge in [-0.3, -0.25) is 4.99 Å². The third-order valence-corrected chi connectivity index (χ3v) is 2.72. The van der Waals surface area contributed by atoms with Gasteiger partial charge in [-0.25, -0.2) is 4.79 Å². The maximum absolute atomic E-state index is 11.9. The molecular formula is C14H15NO3. The molecule has 0 aliphatic heterocycles. The topological polar surface area (TPSA) is 62.8 Å². The van der Waals surface area contributed by atoms with Crippen molar-refractivity contribution in [3.05, 3.63) is 40.2 Å². The number of nitrogens with zero attached hydrogens (tertiary/aromatic N) is 1. The lowest BCUT2D eigenvalue weighted by atomic mass is 10.1. The first kappa shape index (κ1) is 12.4. The van der Waals surface area contributed by atoms with Gasteiger partial charge in [0.1, 0.15) is 16.9 Å². The minimum absolute atomic E-state index is 0.0563. The van der Waals surface area contributed by atoms with Crippen molar-refractivity contribution in [1.82, 2.24) is 0 Å². The van der Waals surface area contributed by atoms with Gasteiger partial charge in [0.2, 0.25) is 0 Å². The van der Waals surface area contributed by atoms with Gasteiger partial charge in [-0.15, -0.1) is 0 Å². The molecule has 1 N–H and O–H groups in total. The van der Waals surface area contributed by atoms with E-state index in [2.05, 4.69) is 4.99 Å². The van der Waals surface area contributed by atoms with E-state index in [4.69, 9.17) is 4.42 Å². The fourth-order valence-electron chi connectivity index (χ4n) is 1.81. The third-order valence-electron chi connectivity index (χ3n) is 2.72. The van der Waals surface area contributed by atoms with Gasteiger partial charge in [-0.1, -0.05) is 19.1 Å². The van der Waals surface area contributed by atoms with Crippen LogP contribution in [0.25, 0.3) is 11.0 Å². The lowest BCUT2D eigenvalue weighted by Crippen LogP contribution is -2.13. The molecule has 0 spiro atoms. The van der Waals surface area contributed by atoms with Crippen LogP contribution < -0.4 is 5.63 Å². The summed E-state index contributed by atoms with van der Waals surface area (Å²) in [4.78, 5) is 16.1. The summed E-state index contributed by atoms with van der Waals surface area (Å²) in [5.74, 6) is -0.0563. The molecular weight excluding hydrogens is 230 g/mol. The molecule has 0 fully saturated rings. The lowest BCUT2D eigenvalue weighted by Gasteiger charge is -2.05. The summed E-state index contributed by atoms with van der Waals surface area (Å²) >= 11 is 0. The van der Waals surface area contributed by atoms with Crippen molar-refractivity contribution in [2.75, 3.05) is 6.54 Å². The van der Waals surface area contributed by atoms with Crippen LogP contribution in [0.1, 0.15) is 25.8 Å². The molecule has 0 amide bonds. The van der Waals surface area contributed by atoms with Gasteiger partial charge in [0.05, 0.1) is 11.1 Å². The average molecular weight is 245 g/mol. The van der Waals surface area contributed by atoms with E-state index in [1.54, 1.807) is 31.2 Å². The quantitative estimate of drug-likeness (QED) is 0.668.